The van der Waals surface area contributed by atoms with Crippen LogP contribution in [0.3, 0.4) is 0 Å². The first-order valence-corrected chi connectivity index (χ1v) is 6.44. The lowest BCUT2D eigenvalue weighted by Gasteiger charge is -2.33. The first-order chi connectivity index (χ1) is 9.08. The van der Waals surface area contributed by atoms with Crippen molar-refractivity contribution >= 4 is 11.8 Å². The van der Waals surface area contributed by atoms with Crippen LogP contribution in [0.5, 0.6) is 5.75 Å². The quantitative estimate of drug-likeness (QED) is 0.845. The Hall–Kier alpha value is -2.04. The number of piperidine rings is 1. The Morgan fingerprint density at radius 3 is 2.84 bits per heavy atom. The van der Waals surface area contributed by atoms with Gasteiger partial charge in [0.15, 0.2) is 0 Å². The van der Waals surface area contributed by atoms with Crippen molar-refractivity contribution in [2.75, 3.05) is 6.54 Å². The highest BCUT2D eigenvalue weighted by Crippen LogP contribution is 2.19. The summed E-state index contributed by atoms with van der Waals surface area (Å²) in [5.41, 5.74) is 6.08. The third-order valence-corrected chi connectivity index (χ3v) is 3.42. The molecule has 2 amide bonds. The summed E-state index contributed by atoms with van der Waals surface area (Å²) in [5, 5.41) is 9.38. The Labute approximate surface area is 112 Å². The molecule has 3 N–H and O–H groups in total. The van der Waals surface area contributed by atoms with E-state index in [2.05, 4.69) is 0 Å². The number of hydrogen-bond acceptors (Lipinski definition) is 3. The second-order valence-corrected chi connectivity index (χ2v) is 4.85. The molecule has 0 radical (unpaired) electrons. The van der Waals surface area contributed by atoms with E-state index in [-0.39, 0.29) is 18.1 Å². The number of amides is 2. The number of primary amides is 1. The maximum Gasteiger partial charge on any atom is 0.240 e. The van der Waals surface area contributed by atoms with Crippen molar-refractivity contribution in [2.45, 2.75) is 31.7 Å². The van der Waals surface area contributed by atoms with E-state index in [9.17, 15) is 14.7 Å². The molecule has 1 unspecified atom stereocenters. The van der Waals surface area contributed by atoms with Gasteiger partial charge >= 0.3 is 0 Å². The lowest BCUT2D eigenvalue weighted by atomic mass is 10.0. The topological polar surface area (TPSA) is 83.6 Å². The Balaban J connectivity index is 2.07. The van der Waals surface area contributed by atoms with E-state index < -0.39 is 11.9 Å². The summed E-state index contributed by atoms with van der Waals surface area (Å²) >= 11 is 0. The molecule has 5 heteroatoms. The van der Waals surface area contributed by atoms with Crippen LogP contribution in [0.2, 0.25) is 0 Å². The molecule has 1 saturated heterocycles. The van der Waals surface area contributed by atoms with Crippen molar-refractivity contribution in [1.82, 2.24) is 4.90 Å². The molecule has 1 atom stereocenters. The lowest BCUT2D eigenvalue weighted by molar-refractivity contribution is -0.140. The van der Waals surface area contributed by atoms with Crippen molar-refractivity contribution in [2.24, 2.45) is 5.73 Å². The van der Waals surface area contributed by atoms with Gasteiger partial charge in [0.25, 0.3) is 0 Å². The van der Waals surface area contributed by atoms with E-state index in [0.29, 0.717) is 13.0 Å². The smallest absolute Gasteiger partial charge is 0.240 e. The minimum Gasteiger partial charge on any atom is -0.508 e. The van der Waals surface area contributed by atoms with Crippen molar-refractivity contribution in [3.05, 3.63) is 29.8 Å². The summed E-state index contributed by atoms with van der Waals surface area (Å²) in [6.45, 7) is 0.575. The summed E-state index contributed by atoms with van der Waals surface area (Å²) in [6.07, 6.45) is 2.64. The molecule has 1 aliphatic heterocycles. The maximum absolute atomic E-state index is 12.2. The summed E-state index contributed by atoms with van der Waals surface area (Å²) < 4.78 is 0. The number of phenols is 1. The van der Waals surface area contributed by atoms with Gasteiger partial charge in [0.05, 0.1) is 6.42 Å². The number of carbonyl (C=O) groups excluding carboxylic acids is 2. The van der Waals surface area contributed by atoms with Crippen LogP contribution in [-0.4, -0.2) is 34.4 Å². The van der Waals surface area contributed by atoms with E-state index in [0.717, 1.165) is 18.4 Å². The van der Waals surface area contributed by atoms with Crippen LogP contribution in [0.25, 0.3) is 0 Å². The number of aromatic hydroxyl groups is 1. The van der Waals surface area contributed by atoms with Crippen LogP contribution >= 0.6 is 0 Å². The molecule has 19 heavy (non-hydrogen) atoms. The average molecular weight is 262 g/mol. The molecule has 1 aliphatic rings. The predicted octanol–water partition coefficient (Wildman–Crippen LogP) is 0.801. The molecule has 0 aliphatic carbocycles. The Morgan fingerprint density at radius 1 is 1.37 bits per heavy atom. The van der Waals surface area contributed by atoms with Crippen molar-refractivity contribution < 1.29 is 14.7 Å². The predicted molar refractivity (Wildman–Crippen MR) is 70.4 cm³/mol. The number of hydrogen-bond donors (Lipinski definition) is 2. The molecule has 1 aromatic rings. The minimum absolute atomic E-state index is 0.117. The van der Waals surface area contributed by atoms with Crippen LogP contribution in [0.1, 0.15) is 24.8 Å². The highest BCUT2D eigenvalue weighted by molar-refractivity contribution is 5.87. The SMILES string of the molecule is NC(=O)C1CCCCN1C(=O)Cc1cccc(O)c1. The van der Waals surface area contributed by atoms with E-state index in [1.54, 1.807) is 29.2 Å². The fourth-order valence-corrected chi connectivity index (χ4v) is 2.47. The van der Waals surface area contributed by atoms with Crippen LogP contribution < -0.4 is 5.73 Å². The Kier molecular flexibility index (Phi) is 4.04. The molecule has 2 rings (SSSR count). The minimum atomic E-state index is -0.487. The standard InChI is InChI=1S/C14H18N2O3/c15-14(19)12-6-1-2-7-16(12)13(18)9-10-4-3-5-11(17)8-10/h3-5,8,12,17H,1-2,6-7,9H2,(H2,15,19). The average Bonchev–Trinajstić information content (AvgIpc) is 2.38. The number of carbonyl (C=O) groups is 2. The number of nitrogens with two attached hydrogens (primary N) is 1. The van der Waals surface area contributed by atoms with Crippen LogP contribution in [0.4, 0.5) is 0 Å². The molecule has 5 nitrogen and oxygen atoms in total. The number of likely N-dealkylation sites (tertiary alicyclic amines) is 1. The Morgan fingerprint density at radius 2 is 2.16 bits per heavy atom. The Bertz CT molecular complexity index is 487. The van der Waals surface area contributed by atoms with Gasteiger partial charge in [-0.15, -0.1) is 0 Å². The highest BCUT2D eigenvalue weighted by Gasteiger charge is 2.30. The molecule has 0 bridgehead atoms. The third kappa shape index (κ3) is 3.24. The summed E-state index contributed by atoms with van der Waals surface area (Å²) in [5.74, 6) is -0.423. The van der Waals surface area contributed by atoms with Gasteiger partial charge in [-0.1, -0.05) is 12.1 Å². The monoisotopic (exact) mass is 262 g/mol. The van der Waals surface area contributed by atoms with Crippen molar-refractivity contribution in [3.63, 3.8) is 0 Å². The number of rotatable bonds is 3. The maximum atomic E-state index is 12.2. The molecule has 1 aromatic carbocycles. The third-order valence-electron chi connectivity index (χ3n) is 3.42. The molecule has 0 saturated carbocycles. The van der Waals surface area contributed by atoms with Crippen molar-refractivity contribution in [3.8, 4) is 5.75 Å². The van der Waals surface area contributed by atoms with Gasteiger partial charge < -0.3 is 15.7 Å². The zero-order chi connectivity index (χ0) is 13.8. The largest absolute Gasteiger partial charge is 0.508 e. The van der Waals surface area contributed by atoms with E-state index >= 15 is 0 Å². The van der Waals surface area contributed by atoms with Gasteiger partial charge in [-0.05, 0) is 37.0 Å². The van der Waals surface area contributed by atoms with Gasteiger partial charge in [-0.2, -0.15) is 0 Å². The van der Waals surface area contributed by atoms with Crippen LogP contribution in [0.15, 0.2) is 24.3 Å². The first kappa shape index (κ1) is 13.4. The van der Waals surface area contributed by atoms with Gasteiger partial charge in [0.2, 0.25) is 11.8 Å². The first-order valence-electron chi connectivity index (χ1n) is 6.44. The van der Waals surface area contributed by atoms with E-state index in [1.807, 2.05) is 0 Å². The molecular formula is C14H18N2O3. The van der Waals surface area contributed by atoms with Crippen molar-refractivity contribution in [1.29, 1.82) is 0 Å². The zero-order valence-electron chi connectivity index (χ0n) is 10.7. The molecule has 1 heterocycles. The highest BCUT2D eigenvalue weighted by atomic mass is 16.3. The molecular weight excluding hydrogens is 244 g/mol. The van der Waals surface area contributed by atoms with Gasteiger partial charge in [-0.3, -0.25) is 9.59 Å². The summed E-state index contributed by atoms with van der Waals surface area (Å²) in [4.78, 5) is 25.2. The molecule has 102 valence electrons. The number of nitrogens with zero attached hydrogens (tertiary/aromatic N) is 1. The van der Waals surface area contributed by atoms with E-state index in [4.69, 9.17) is 5.73 Å². The molecule has 0 spiro atoms. The van der Waals surface area contributed by atoms with Gasteiger partial charge in [0, 0.05) is 6.54 Å². The van der Waals surface area contributed by atoms with E-state index in [1.165, 1.54) is 0 Å². The second-order valence-electron chi connectivity index (χ2n) is 4.85. The van der Waals surface area contributed by atoms with Crippen LogP contribution in [-0.2, 0) is 16.0 Å². The zero-order valence-corrected chi connectivity index (χ0v) is 10.7. The normalized spacial score (nSPS) is 19.2. The van der Waals surface area contributed by atoms with Gasteiger partial charge in [0.1, 0.15) is 11.8 Å². The second kappa shape index (κ2) is 5.73. The molecule has 0 aromatic heterocycles. The molecule has 1 fully saturated rings. The fraction of sp³-hybridized carbons (Fsp3) is 0.429. The van der Waals surface area contributed by atoms with Gasteiger partial charge in [-0.25, -0.2) is 0 Å². The summed E-state index contributed by atoms with van der Waals surface area (Å²) in [7, 11) is 0. The number of benzene rings is 1. The lowest BCUT2D eigenvalue weighted by Crippen LogP contribution is -2.50. The van der Waals surface area contributed by atoms with Crippen LogP contribution in [0, 0.1) is 0 Å². The number of phenolic OH excluding ortho intramolecular Hbond substituents is 1. The fourth-order valence-electron chi connectivity index (χ4n) is 2.47. The summed E-state index contributed by atoms with van der Waals surface area (Å²) in [6, 6.07) is 6.10.